The second-order valence-corrected chi connectivity index (χ2v) is 4.08. The van der Waals surface area contributed by atoms with Crippen LogP contribution in [-0.2, 0) is 0 Å². The highest BCUT2D eigenvalue weighted by Gasteiger charge is 2.02. The van der Waals surface area contributed by atoms with Gasteiger partial charge in [0, 0.05) is 31.7 Å². The molecule has 1 heterocycles. The van der Waals surface area contributed by atoms with Crippen molar-refractivity contribution >= 4 is 17.2 Å². The Balaban J connectivity index is 2.22. The molecule has 0 saturated carbocycles. The van der Waals surface area contributed by atoms with Crippen LogP contribution in [0.5, 0.6) is 0 Å². The van der Waals surface area contributed by atoms with Crippen molar-refractivity contribution in [2.75, 3.05) is 24.3 Å². The average molecular weight is 238 g/mol. The van der Waals surface area contributed by atoms with Crippen LogP contribution in [0.3, 0.4) is 0 Å². The fourth-order valence-electron chi connectivity index (χ4n) is 1.57. The number of aromatic nitrogens is 1. The molecule has 1 aromatic carbocycles. The second-order valence-electron chi connectivity index (χ2n) is 4.08. The van der Waals surface area contributed by atoms with E-state index in [2.05, 4.69) is 16.4 Å². The Morgan fingerprint density at radius 2 is 1.89 bits per heavy atom. The van der Waals surface area contributed by atoms with Gasteiger partial charge in [0.1, 0.15) is 11.9 Å². The fraction of sp³-hybridized carbons (Fsp3) is 0.143. The maximum Gasteiger partial charge on any atom is 0.148 e. The van der Waals surface area contributed by atoms with E-state index in [1.54, 1.807) is 18.3 Å². The number of nitrogens with one attached hydrogen (secondary N) is 1. The molecule has 0 fully saturated rings. The maximum atomic E-state index is 8.98. The molecule has 1 N–H and O–H groups in total. The zero-order valence-electron chi connectivity index (χ0n) is 10.4. The standard InChI is InChI=1S/C14H14N4/c1-18(2)13-7-5-12(6-8-13)17-14-11(10-15)4-3-9-16-14/h3-9H,1-2H3,(H,16,17). The molecule has 0 bridgehead atoms. The van der Waals surface area contributed by atoms with Crippen LogP contribution in [-0.4, -0.2) is 19.1 Å². The first-order valence-corrected chi connectivity index (χ1v) is 5.60. The van der Waals surface area contributed by atoms with Crippen molar-refractivity contribution in [3.05, 3.63) is 48.2 Å². The van der Waals surface area contributed by atoms with E-state index < -0.39 is 0 Å². The van der Waals surface area contributed by atoms with E-state index in [-0.39, 0.29) is 0 Å². The predicted molar refractivity (Wildman–Crippen MR) is 73.0 cm³/mol. The summed E-state index contributed by atoms with van der Waals surface area (Å²) in [7, 11) is 3.99. The van der Waals surface area contributed by atoms with Crippen LogP contribution in [0.15, 0.2) is 42.6 Å². The molecule has 0 unspecified atom stereocenters. The number of nitrogens with zero attached hydrogens (tertiary/aromatic N) is 3. The zero-order chi connectivity index (χ0) is 13.0. The SMILES string of the molecule is CN(C)c1ccc(Nc2ncccc2C#N)cc1. The smallest absolute Gasteiger partial charge is 0.148 e. The summed E-state index contributed by atoms with van der Waals surface area (Å²) in [5, 5.41) is 12.1. The van der Waals surface area contributed by atoms with Gasteiger partial charge in [-0.15, -0.1) is 0 Å². The van der Waals surface area contributed by atoms with E-state index in [1.165, 1.54) is 0 Å². The molecule has 0 spiro atoms. The van der Waals surface area contributed by atoms with Gasteiger partial charge in [-0.25, -0.2) is 4.98 Å². The first kappa shape index (κ1) is 11.9. The van der Waals surface area contributed by atoms with E-state index in [0.29, 0.717) is 11.4 Å². The van der Waals surface area contributed by atoms with Gasteiger partial charge in [-0.2, -0.15) is 5.26 Å². The number of hydrogen-bond acceptors (Lipinski definition) is 4. The van der Waals surface area contributed by atoms with Crippen LogP contribution in [0.2, 0.25) is 0 Å². The maximum absolute atomic E-state index is 8.98. The fourth-order valence-corrected chi connectivity index (χ4v) is 1.57. The summed E-state index contributed by atoms with van der Waals surface area (Å²) in [6, 6.07) is 13.6. The van der Waals surface area contributed by atoms with Crippen molar-refractivity contribution in [2.24, 2.45) is 0 Å². The number of rotatable bonds is 3. The number of hydrogen-bond donors (Lipinski definition) is 1. The van der Waals surface area contributed by atoms with Gasteiger partial charge in [0.05, 0.1) is 5.56 Å². The van der Waals surface area contributed by atoms with Gasteiger partial charge in [0.15, 0.2) is 0 Å². The van der Waals surface area contributed by atoms with Crippen molar-refractivity contribution in [2.45, 2.75) is 0 Å². The van der Waals surface area contributed by atoms with Crippen LogP contribution in [0.4, 0.5) is 17.2 Å². The first-order valence-electron chi connectivity index (χ1n) is 5.60. The summed E-state index contributed by atoms with van der Waals surface area (Å²) >= 11 is 0. The highest BCUT2D eigenvalue weighted by Crippen LogP contribution is 2.20. The van der Waals surface area contributed by atoms with E-state index in [9.17, 15) is 0 Å². The first-order chi connectivity index (χ1) is 8.70. The van der Waals surface area contributed by atoms with Gasteiger partial charge < -0.3 is 10.2 Å². The summed E-state index contributed by atoms with van der Waals surface area (Å²) in [4.78, 5) is 6.19. The average Bonchev–Trinajstić information content (AvgIpc) is 2.40. The summed E-state index contributed by atoms with van der Waals surface area (Å²) in [6.07, 6.45) is 1.66. The number of pyridine rings is 1. The summed E-state index contributed by atoms with van der Waals surface area (Å²) < 4.78 is 0. The molecule has 1 aromatic heterocycles. The van der Waals surface area contributed by atoms with Crippen molar-refractivity contribution in [3.63, 3.8) is 0 Å². The molecule has 0 atom stereocenters. The van der Waals surface area contributed by atoms with Gasteiger partial charge in [-0.05, 0) is 36.4 Å². The Morgan fingerprint density at radius 3 is 2.50 bits per heavy atom. The van der Waals surface area contributed by atoms with E-state index >= 15 is 0 Å². The molecule has 18 heavy (non-hydrogen) atoms. The lowest BCUT2D eigenvalue weighted by atomic mass is 10.2. The minimum Gasteiger partial charge on any atom is -0.378 e. The summed E-state index contributed by atoms with van der Waals surface area (Å²) in [5.41, 5.74) is 2.58. The Hall–Kier alpha value is -2.54. The third kappa shape index (κ3) is 2.58. The Morgan fingerprint density at radius 1 is 1.17 bits per heavy atom. The molecule has 0 amide bonds. The third-order valence-electron chi connectivity index (χ3n) is 2.57. The topological polar surface area (TPSA) is 52.0 Å². The quantitative estimate of drug-likeness (QED) is 0.893. The molecular formula is C14H14N4. The van der Waals surface area contributed by atoms with Crippen molar-refractivity contribution in [3.8, 4) is 6.07 Å². The summed E-state index contributed by atoms with van der Waals surface area (Å²) in [5.74, 6) is 0.581. The van der Waals surface area contributed by atoms with E-state index in [1.807, 2.05) is 43.3 Å². The molecule has 2 rings (SSSR count). The Kier molecular flexibility index (Phi) is 3.44. The highest BCUT2D eigenvalue weighted by atomic mass is 15.1. The Bertz CT molecular complexity index is 567. The van der Waals surface area contributed by atoms with Crippen LogP contribution < -0.4 is 10.2 Å². The van der Waals surface area contributed by atoms with Crippen LogP contribution in [0, 0.1) is 11.3 Å². The molecule has 4 heteroatoms. The van der Waals surface area contributed by atoms with Gasteiger partial charge >= 0.3 is 0 Å². The minimum absolute atomic E-state index is 0.536. The van der Waals surface area contributed by atoms with Crippen molar-refractivity contribution in [1.29, 1.82) is 5.26 Å². The summed E-state index contributed by atoms with van der Waals surface area (Å²) in [6.45, 7) is 0. The third-order valence-corrected chi connectivity index (χ3v) is 2.57. The lowest BCUT2D eigenvalue weighted by Gasteiger charge is -2.13. The second kappa shape index (κ2) is 5.19. The molecule has 2 aromatic rings. The minimum atomic E-state index is 0.536. The molecule has 90 valence electrons. The number of anilines is 3. The van der Waals surface area contributed by atoms with Gasteiger partial charge in [0.25, 0.3) is 0 Å². The number of benzene rings is 1. The van der Waals surface area contributed by atoms with Crippen molar-refractivity contribution in [1.82, 2.24) is 4.98 Å². The van der Waals surface area contributed by atoms with E-state index in [0.717, 1.165) is 11.4 Å². The highest BCUT2D eigenvalue weighted by molar-refractivity contribution is 5.64. The number of nitriles is 1. The molecule has 0 aliphatic carbocycles. The largest absolute Gasteiger partial charge is 0.378 e. The van der Waals surface area contributed by atoms with Gasteiger partial charge in [-0.1, -0.05) is 0 Å². The molecule has 0 aliphatic rings. The molecular weight excluding hydrogens is 224 g/mol. The molecule has 0 radical (unpaired) electrons. The monoisotopic (exact) mass is 238 g/mol. The van der Waals surface area contributed by atoms with Gasteiger partial charge in [0.2, 0.25) is 0 Å². The lowest BCUT2D eigenvalue weighted by Crippen LogP contribution is -2.08. The molecule has 0 aliphatic heterocycles. The normalized spacial score (nSPS) is 9.61. The lowest BCUT2D eigenvalue weighted by molar-refractivity contribution is 1.13. The van der Waals surface area contributed by atoms with E-state index in [4.69, 9.17) is 5.26 Å². The van der Waals surface area contributed by atoms with Crippen LogP contribution in [0.1, 0.15) is 5.56 Å². The predicted octanol–water partition coefficient (Wildman–Crippen LogP) is 2.76. The van der Waals surface area contributed by atoms with Crippen LogP contribution in [0.25, 0.3) is 0 Å². The molecule has 0 saturated heterocycles. The van der Waals surface area contributed by atoms with Gasteiger partial charge in [-0.3, -0.25) is 0 Å². The zero-order valence-corrected chi connectivity index (χ0v) is 10.4. The Labute approximate surface area is 107 Å². The molecule has 4 nitrogen and oxygen atoms in total. The van der Waals surface area contributed by atoms with Crippen LogP contribution >= 0.6 is 0 Å². The van der Waals surface area contributed by atoms with Crippen molar-refractivity contribution < 1.29 is 0 Å².